The molecule has 1 atom stereocenters. The lowest BCUT2D eigenvalue weighted by Crippen LogP contribution is -2.44. The largest absolute Gasteiger partial charge is 0.325 e. The minimum Gasteiger partial charge on any atom is -0.325 e. The van der Waals surface area contributed by atoms with Crippen LogP contribution in [0.25, 0.3) is 0 Å². The molecule has 9 heavy (non-hydrogen) atoms. The van der Waals surface area contributed by atoms with Crippen molar-refractivity contribution in [2.45, 2.75) is 37.4 Å². The molecule has 2 aliphatic rings. The van der Waals surface area contributed by atoms with Crippen LogP contribution in [0, 0.1) is 0 Å². The van der Waals surface area contributed by atoms with E-state index < -0.39 is 0 Å². The third kappa shape index (κ3) is 0.764. The molecule has 0 aromatic carbocycles. The summed E-state index contributed by atoms with van der Waals surface area (Å²) >= 11 is 0. The van der Waals surface area contributed by atoms with Gasteiger partial charge in [0.2, 0.25) is 0 Å². The van der Waals surface area contributed by atoms with Crippen molar-refractivity contribution in [1.29, 1.82) is 0 Å². The van der Waals surface area contributed by atoms with Crippen molar-refractivity contribution < 1.29 is 0 Å². The van der Waals surface area contributed by atoms with Gasteiger partial charge in [0.15, 0.2) is 0 Å². The predicted octanol–water partition coefficient (Wildman–Crippen LogP) is -0.308. The third-order valence-electron chi connectivity index (χ3n) is 2.42. The van der Waals surface area contributed by atoms with E-state index in [0.29, 0.717) is 6.04 Å². The first kappa shape index (κ1) is 5.65. The topological polar surface area (TPSA) is 69.9 Å². The summed E-state index contributed by atoms with van der Waals surface area (Å²) in [5.74, 6) is 0. The Morgan fingerprint density at radius 3 is 2.56 bits per heavy atom. The lowest BCUT2D eigenvalue weighted by atomic mass is 9.89. The Kier molecular flexibility index (Phi) is 1.06. The Bertz CT molecular complexity index is 119. The van der Waals surface area contributed by atoms with E-state index in [1.54, 1.807) is 0 Å². The fourth-order valence-corrected chi connectivity index (χ4v) is 1.59. The molecule has 0 bridgehead atoms. The highest BCUT2D eigenvalue weighted by Gasteiger charge is 2.48. The van der Waals surface area contributed by atoms with E-state index >= 15 is 0 Å². The van der Waals surface area contributed by atoms with Crippen LogP contribution in [0.5, 0.6) is 0 Å². The Hall–Kier alpha value is -0.120. The second-order valence-electron chi connectivity index (χ2n) is 3.07. The zero-order valence-corrected chi connectivity index (χ0v) is 5.48. The van der Waals surface area contributed by atoms with Gasteiger partial charge >= 0.3 is 0 Å². The van der Waals surface area contributed by atoms with E-state index in [4.69, 9.17) is 5.73 Å². The minimum absolute atomic E-state index is 0.165. The van der Waals surface area contributed by atoms with Gasteiger partial charge in [-0.15, -0.1) is 0 Å². The molecule has 3 heteroatoms. The molecule has 1 heterocycles. The van der Waals surface area contributed by atoms with E-state index in [2.05, 4.69) is 10.9 Å². The maximum absolute atomic E-state index is 5.85. The highest BCUT2D eigenvalue weighted by atomic mass is 15.7. The van der Waals surface area contributed by atoms with E-state index in [1.807, 2.05) is 0 Å². The molecular weight excluding hydrogens is 114 g/mol. The maximum atomic E-state index is 5.85. The molecule has 1 saturated heterocycles. The molecule has 1 spiro atoms. The Morgan fingerprint density at radius 1 is 1.33 bits per heavy atom. The van der Waals surface area contributed by atoms with Crippen LogP contribution in [-0.4, -0.2) is 11.7 Å². The summed E-state index contributed by atoms with van der Waals surface area (Å²) < 4.78 is 0. The average molecular weight is 127 g/mol. The van der Waals surface area contributed by atoms with Crippen molar-refractivity contribution in [1.82, 2.24) is 10.9 Å². The first-order valence-electron chi connectivity index (χ1n) is 3.63. The van der Waals surface area contributed by atoms with Crippen LogP contribution in [0.3, 0.4) is 0 Å². The van der Waals surface area contributed by atoms with Crippen molar-refractivity contribution in [2.24, 2.45) is 5.73 Å². The highest BCUT2D eigenvalue weighted by Crippen LogP contribution is 2.29. The Morgan fingerprint density at radius 2 is 2.11 bits per heavy atom. The van der Waals surface area contributed by atoms with Crippen molar-refractivity contribution in [3.05, 3.63) is 0 Å². The van der Waals surface area contributed by atoms with E-state index in [9.17, 15) is 0 Å². The van der Waals surface area contributed by atoms with Crippen LogP contribution in [0.1, 0.15) is 25.7 Å². The molecule has 0 aromatic rings. The van der Waals surface area contributed by atoms with Gasteiger partial charge in [0, 0.05) is 6.04 Å². The zero-order valence-electron chi connectivity index (χ0n) is 5.48. The summed E-state index contributed by atoms with van der Waals surface area (Å²) in [7, 11) is 0. The second-order valence-corrected chi connectivity index (χ2v) is 3.07. The number of hydrogen-bond acceptors (Lipinski definition) is 3. The molecule has 2 rings (SSSR count). The normalized spacial score (nSPS) is 39.0. The molecule has 0 amide bonds. The van der Waals surface area contributed by atoms with Crippen molar-refractivity contribution in [3.63, 3.8) is 0 Å². The minimum atomic E-state index is 0.165. The number of nitrogens with one attached hydrogen (secondary N) is 2. The maximum Gasteiger partial charge on any atom is 0.109 e. The van der Waals surface area contributed by atoms with Crippen molar-refractivity contribution >= 4 is 0 Å². The average Bonchev–Trinajstić information content (AvgIpc) is 2.60. The Labute approximate surface area is 55.0 Å². The molecular formula is C6H13N3. The highest BCUT2D eigenvalue weighted by molar-refractivity contribution is 5.04. The summed E-state index contributed by atoms with van der Waals surface area (Å²) in [6.07, 6.45) is 4.98. The fraction of sp³-hybridized carbons (Fsp3) is 1.00. The monoisotopic (exact) mass is 127 g/mol. The van der Waals surface area contributed by atoms with E-state index in [1.165, 1.54) is 25.7 Å². The lowest BCUT2D eigenvalue weighted by molar-refractivity contribution is 0.344. The van der Waals surface area contributed by atoms with Gasteiger partial charge in [0.25, 0.3) is 0 Å². The molecule has 4 N–H and O–H groups in total. The van der Waals surface area contributed by atoms with E-state index in [-0.39, 0.29) is 5.66 Å². The molecule has 0 radical (unpaired) electrons. The first-order chi connectivity index (χ1) is 4.33. The van der Waals surface area contributed by atoms with Gasteiger partial charge in [-0.25, -0.2) is 10.9 Å². The van der Waals surface area contributed by atoms with E-state index in [0.717, 1.165) is 0 Å². The molecule has 1 aliphatic carbocycles. The number of rotatable bonds is 0. The Balaban J connectivity index is 2.03. The molecule has 3 nitrogen and oxygen atoms in total. The summed E-state index contributed by atoms with van der Waals surface area (Å²) in [6, 6.07) is 0.339. The van der Waals surface area contributed by atoms with Gasteiger partial charge in [-0.1, -0.05) is 12.8 Å². The lowest BCUT2D eigenvalue weighted by Gasteiger charge is -2.24. The summed E-state index contributed by atoms with van der Waals surface area (Å²) in [6.45, 7) is 0. The standard InChI is InChI=1S/C6H13N3/c7-5-3-1-2-4-6(5)8-9-6/h5,8-9H,1-4,7H2/t5-/m1/s1. The van der Waals surface area contributed by atoms with Crippen LogP contribution in [-0.2, 0) is 0 Å². The molecule has 0 unspecified atom stereocenters. The van der Waals surface area contributed by atoms with Gasteiger partial charge in [-0.3, -0.25) is 0 Å². The van der Waals surface area contributed by atoms with Crippen LogP contribution in [0.4, 0.5) is 0 Å². The number of hydrogen-bond donors (Lipinski definition) is 3. The quantitative estimate of drug-likeness (QED) is 0.391. The first-order valence-corrected chi connectivity index (χ1v) is 3.63. The number of nitrogens with two attached hydrogens (primary N) is 1. The SMILES string of the molecule is N[C@@H]1CCCCC12NN2. The molecule has 0 aromatic heterocycles. The molecule has 52 valence electrons. The van der Waals surface area contributed by atoms with Gasteiger partial charge < -0.3 is 5.73 Å². The summed E-state index contributed by atoms with van der Waals surface area (Å²) in [4.78, 5) is 0. The van der Waals surface area contributed by atoms with Crippen LogP contribution < -0.4 is 16.6 Å². The number of hydrazine groups is 1. The molecule has 1 saturated carbocycles. The summed E-state index contributed by atoms with van der Waals surface area (Å²) in [5.41, 5.74) is 12.3. The summed E-state index contributed by atoms with van der Waals surface area (Å²) in [5, 5.41) is 0. The fourth-order valence-electron chi connectivity index (χ4n) is 1.59. The van der Waals surface area contributed by atoms with Crippen molar-refractivity contribution in [3.8, 4) is 0 Å². The van der Waals surface area contributed by atoms with Crippen LogP contribution >= 0.6 is 0 Å². The van der Waals surface area contributed by atoms with Gasteiger partial charge in [0.05, 0.1) is 0 Å². The van der Waals surface area contributed by atoms with Gasteiger partial charge in [0.1, 0.15) is 5.66 Å². The third-order valence-corrected chi connectivity index (χ3v) is 2.42. The van der Waals surface area contributed by atoms with Gasteiger partial charge in [-0.05, 0) is 12.8 Å². The zero-order chi connectivity index (χ0) is 6.32. The second kappa shape index (κ2) is 1.68. The smallest absolute Gasteiger partial charge is 0.109 e. The van der Waals surface area contributed by atoms with Crippen LogP contribution in [0.2, 0.25) is 0 Å². The van der Waals surface area contributed by atoms with Gasteiger partial charge in [-0.2, -0.15) is 0 Å². The molecule has 2 fully saturated rings. The predicted molar refractivity (Wildman–Crippen MR) is 35.4 cm³/mol. The molecule has 1 aliphatic heterocycles. The van der Waals surface area contributed by atoms with Crippen LogP contribution in [0.15, 0.2) is 0 Å². The van der Waals surface area contributed by atoms with Crippen molar-refractivity contribution in [2.75, 3.05) is 0 Å².